The number of nitrogens with one attached hydrogen (secondary N) is 1. The Morgan fingerprint density at radius 2 is 1.73 bits per heavy atom. The number of hydrogen-bond acceptors (Lipinski definition) is 3. The highest BCUT2D eigenvalue weighted by Gasteiger charge is 2.30. The Bertz CT molecular complexity index is 848. The molecule has 5 nitrogen and oxygen atoms in total. The average molecular weight is 372 g/mol. The quantitative estimate of drug-likeness (QED) is 0.812. The number of hydrogen-bond donors (Lipinski definition) is 1. The fourth-order valence-electron chi connectivity index (χ4n) is 3.16. The average Bonchev–Trinajstić information content (AvgIpc) is 3.01. The van der Waals surface area contributed by atoms with E-state index in [-0.39, 0.29) is 23.3 Å². The summed E-state index contributed by atoms with van der Waals surface area (Å²) in [5.74, 6) is 0.0706. The topological polar surface area (TPSA) is 66.5 Å². The van der Waals surface area contributed by atoms with Gasteiger partial charge in [0.15, 0.2) is 0 Å². The van der Waals surface area contributed by atoms with Crippen LogP contribution in [0.2, 0.25) is 0 Å². The van der Waals surface area contributed by atoms with Gasteiger partial charge in [-0.25, -0.2) is 13.1 Å². The van der Waals surface area contributed by atoms with Crippen molar-refractivity contribution in [2.45, 2.75) is 31.2 Å². The van der Waals surface area contributed by atoms with Gasteiger partial charge in [-0.1, -0.05) is 49.4 Å². The van der Waals surface area contributed by atoms with E-state index in [1.807, 2.05) is 49.4 Å². The van der Waals surface area contributed by atoms with Gasteiger partial charge in [-0.2, -0.15) is 0 Å². The SMILES string of the molecule is CCc1ccc(S(=O)(=O)NCC2CC(=O)N(Cc3ccccc3)C2)cc1. The summed E-state index contributed by atoms with van der Waals surface area (Å²) in [6, 6.07) is 16.7. The van der Waals surface area contributed by atoms with E-state index in [0.29, 0.717) is 19.5 Å². The Labute approximate surface area is 155 Å². The minimum absolute atomic E-state index is 0.00379. The molecule has 0 bridgehead atoms. The van der Waals surface area contributed by atoms with E-state index in [2.05, 4.69) is 4.72 Å². The maximum absolute atomic E-state index is 12.4. The van der Waals surface area contributed by atoms with Crippen molar-refractivity contribution >= 4 is 15.9 Å². The van der Waals surface area contributed by atoms with Crippen LogP contribution in [-0.4, -0.2) is 32.3 Å². The highest BCUT2D eigenvalue weighted by Crippen LogP contribution is 2.20. The molecule has 1 aliphatic heterocycles. The van der Waals surface area contributed by atoms with Crippen LogP contribution in [0.15, 0.2) is 59.5 Å². The maximum Gasteiger partial charge on any atom is 0.240 e. The van der Waals surface area contributed by atoms with E-state index in [9.17, 15) is 13.2 Å². The molecule has 0 radical (unpaired) electrons. The second kappa shape index (κ2) is 8.01. The first-order valence-corrected chi connectivity index (χ1v) is 10.4. The van der Waals surface area contributed by atoms with Gasteiger partial charge in [0.25, 0.3) is 0 Å². The van der Waals surface area contributed by atoms with Crippen LogP contribution in [0.5, 0.6) is 0 Å². The van der Waals surface area contributed by atoms with Crippen LogP contribution in [0, 0.1) is 5.92 Å². The summed E-state index contributed by atoms with van der Waals surface area (Å²) in [6.45, 7) is 3.45. The number of nitrogens with zero attached hydrogens (tertiary/aromatic N) is 1. The first kappa shape index (κ1) is 18.6. The maximum atomic E-state index is 12.4. The van der Waals surface area contributed by atoms with E-state index in [1.54, 1.807) is 17.0 Å². The van der Waals surface area contributed by atoms with Crippen molar-refractivity contribution in [2.24, 2.45) is 5.92 Å². The first-order valence-electron chi connectivity index (χ1n) is 8.88. The summed E-state index contributed by atoms with van der Waals surface area (Å²) in [7, 11) is -3.55. The van der Waals surface area contributed by atoms with Crippen LogP contribution in [0.4, 0.5) is 0 Å². The number of likely N-dealkylation sites (tertiary alicyclic amines) is 1. The van der Waals surface area contributed by atoms with Crippen molar-refractivity contribution in [3.05, 3.63) is 65.7 Å². The minimum atomic E-state index is -3.55. The molecule has 0 aliphatic carbocycles. The van der Waals surface area contributed by atoms with Crippen LogP contribution < -0.4 is 4.72 Å². The predicted octanol–water partition coefficient (Wildman–Crippen LogP) is 2.58. The molecule has 138 valence electrons. The summed E-state index contributed by atoms with van der Waals surface area (Å²) in [4.78, 5) is 14.3. The van der Waals surface area contributed by atoms with Gasteiger partial charge in [0.2, 0.25) is 15.9 Å². The van der Waals surface area contributed by atoms with Crippen molar-refractivity contribution in [2.75, 3.05) is 13.1 Å². The number of rotatable bonds is 7. The third-order valence-electron chi connectivity index (χ3n) is 4.71. The molecular formula is C20H24N2O3S. The molecule has 1 aliphatic rings. The number of benzene rings is 2. The fraction of sp³-hybridized carbons (Fsp3) is 0.350. The molecule has 1 heterocycles. The Morgan fingerprint density at radius 1 is 1.04 bits per heavy atom. The van der Waals surface area contributed by atoms with Crippen LogP contribution >= 0.6 is 0 Å². The zero-order chi connectivity index (χ0) is 18.6. The number of amides is 1. The van der Waals surface area contributed by atoms with E-state index in [1.165, 1.54) is 0 Å². The smallest absolute Gasteiger partial charge is 0.240 e. The fourth-order valence-corrected chi connectivity index (χ4v) is 4.28. The third kappa shape index (κ3) is 4.51. The number of aryl methyl sites for hydroxylation is 1. The molecule has 3 rings (SSSR count). The molecule has 2 aromatic carbocycles. The molecular weight excluding hydrogens is 348 g/mol. The van der Waals surface area contributed by atoms with Crippen molar-refractivity contribution in [1.29, 1.82) is 0 Å². The minimum Gasteiger partial charge on any atom is -0.338 e. The zero-order valence-corrected chi connectivity index (χ0v) is 15.7. The lowest BCUT2D eigenvalue weighted by Gasteiger charge is -2.17. The molecule has 1 N–H and O–H groups in total. The zero-order valence-electron chi connectivity index (χ0n) is 14.9. The first-order chi connectivity index (χ1) is 12.5. The summed E-state index contributed by atoms with van der Waals surface area (Å²) in [5, 5.41) is 0. The number of sulfonamides is 1. The van der Waals surface area contributed by atoms with Crippen molar-refractivity contribution in [3.63, 3.8) is 0 Å². The molecule has 1 saturated heterocycles. The summed E-state index contributed by atoms with van der Waals surface area (Å²) in [6.07, 6.45) is 1.25. The molecule has 26 heavy (non-hydrogen) atoms. The Morgan fingerprint density at radius 3 is 2.38 bits per heavy atom. The van der Waals surface area contributed by atoms with Gasteiger partial charge in [0, 0.05) is 26.1 Å². The highest BCUT2D eigenvalue weighted by molar-refractivity contribution is 7.89. The van der Waals surface area contributed by atoms with Gasteiger partial charge in [-0.3, -0.25) is 4.79 Å². The largest absolute Gasteiger partial charge is 0.338 e. The monoisotopic (exact) mass is 372 g/mol. The molecule has 1 atom stereocenters. The highest BCUT2D eigenvalue weighted by atomic mass is 32.2. The summed E-state index contributed by atoms with van der Waals surface area (Å²) in [5.41, 5.74) is 2.18. The number of carbonyl (C=O) groups is 1. The van der Waals surface area contributed by atoms with Crippen LogP contribution in [0.3, 0.4) is 0 Å². The van der Waals surface area contributed by atoms with Crippen LogP contribution in [0.1, 0.15) is 24.5 Å². The van der Waals surface area contributed by atoms with E-state index in [4.69, 9.17) is 0 Å². The molecule has 0 spiro atoms. The van der Waals surface area contributed by atoms with Gasteiger partial charge < -0.3 is 4.90 Å². The molecule has 2 aromatic rings. The van der Waals surface area contributed by atoms with Crippen LogP contribution in [0.25, 0.3) is 0 Å². The Balaban J connectivity index is 1.56. The number of carbonyl (C=O) groups excluding carboxylic acids is 1. The lowest BCUT2D eigenvalue weighted by molar-refractivity contribution is -0.128. The lowest BCUT2D eigenvalue weighted by Crippen LogP contribution is -2.31. The van der Waals surface area contributed by atoms with E-state index in [0.717, 1.165) is 17.5 Å². The third-order valence-corrected chi connectivity index (χ3v) is 6.15. The van der Waals surface area contributed by atoms with Crippen LogP contribution in [-0.2, 0) is 27.8 Å². The van der Waals surface area contributed by atoms with E-state index < -0.39 is 10.0 Å². The van der Waals surface area contributed by atoms with Gasteiger partial charge >= 0.3 is 0 Å². The van der Waals surface area contributed by atoms with Gasteiger partial charge in [-0.05, 0) is 35.6 Å². The van der Waals surface area contributed by atoms with E-state index >= 15 is 0 Å². The molecule has 0 saturated carbocycles. The normalized spacial score (nSPS) is 17.7. The molecule has 1 amide bonds. The predicted molar refractivity (Wildman–Crippen MR) is 101 cm³/mol. The lowest BCUT2D eigenvalue weighted by atomic mass is 10.1. The van der Waals surface area contributed by atoms with Crippen molar-refractivity contribution < 1.29 is 13.2 Å². The standard InChI is InChI=1S/C20H24N2O3S/c1-2-16-8-10-19(11-9-16)26(24,25)21-13-18-12-20(23)22(15-18)14-17-6-4-3-5-7-17/h3-11,18,21H,2,12-15H2,1H3. The molecule has 1 unspecified atom stereocenters. The van der Waals surface area contributed by atoms with Crippen molar-refractivity contribution in [3.8, 4) is 0 Å². The van der Waals surface area contributed by atoms with Gasteiger partial charge in [-0.15, -0.1) is 0 Å². The molecule has 6 heteroatoms. The summed E-state index contributed by atoms with van der Waals surface area (Å²) < 4.78 is 27.5. The van der Waals surface area contributed by atoms with Gasteiger partial charge in [0.1, 0.15) is 0 Å². The summed E-state index contributed by atoms with van der Waals surface area (Å²) >= 11 is 0. The second-order valence-electron chi connectivity index (χ2n) is 6.68. The Hall–Kier alpha value is -2.18. The molecule has 1 fully saturated rings. The Kier molecular flexibility index (Phi) is 5.74. The van der Waals surface area contributed by atoms with Crippen molar-refractivity contribution in [1.82, 2.24) is 9.62 Å². The second-order valence-corrected chi connectivity index (χ2v) is 8.45. The molecule has 0 aromatic heterocycles. The van der Waals surface area contributed by atoms with Gasteiger partial charge in [0.05, 0.1) is 4.90 Å².